The Morgan fingerprint density at radius 1 is 1.35 bits per heavy atom. The minimum atomic E-state index is -0.357. The Morgan fingerprint density at radius 3 is 2.75 bits per heavy atom. The van der Waals surface area contributed by atoms with Crippen LogP contribution < -0.4 is 5.73 Å². The standard InChI is InChI=1S/C15H15BrN2O2/c1-10-13(8-12(16)9-14(10)17)15(19)20-7-4-11-2-5-18-6-3-11/h2-3,5-6,8-9H,4,7,17H2,1H3. The van der Waals surface area contributed by atoms with Gasteiger partial charge in [-0.3, -0.25) is 4.98 Å². The number of nitrogens with zero attached hydrogens (tertiary/aromatic N) is 1. The third-order valence-electron chi connectivity index (χ3n) is 3.01. The van der Waals surface area contributed by atoms with Crippen molar-refractivity contribution in [3.8, 4) is 0 Å². The van der Waals surface area contributed by atoms with Crippen LogP contribution in [0.15, 0.2) is 41.1 Å². The molecule has 0 aliphatic heterocycles. The largest absolute Gasteiger partial charge is 0.462 e. The molecule has 0 fully saturated rings. The van der Waals surface area contributed by atoms with Gasteiger partial charge in [0.1, 0.15) is 0 Å². The zero-order chi connectivity index (χ0) is 14.5. The number of pyridine rings is 1. The molecule has 1 aromatic carbocycles. The summed E-state index contributed by atoms with van der Waals surface area (Å²) in [6.45, 7) is 2.13. The molecule has 0 bridgehead atoms. The number of hydrogen-bond acceptors (Lipinski definition) is 4. The number of ether oxygens (including phenoxy) is 1. The highest BCUT2D eigenvalue weighted by molar-refractivity contribution is 9.10. The molecule has 20 heavy (non-hydrogen) atoms. The fourth-order valence-corrected chi connectivity index (χ4v) is 2.28. The van der Waals surface area contributed by atoms with Crippen molar-refractivity contribution in [1.82, 2.24) is 4.98 Å². The van der Waals surface area contributed by atoms with Gasteiger partial charge in [-0.05, 0) is 42.3 Å². The van der Waals surface area contributed by atoms with E-state index in [1.807, 2.05) is 12.1 Å². The summed E-state index contributed by atoms with van der Waals surface area (Å²) < 4.78 is 6.05. The smallest absolute Gasteiger partial charge is 0.338 e. The second kappa shape index (κ2) is 6.52. The number of nitrogen functional groups attached to an aromatic ring is 1. The number of hydrogen-bond donors (Lipinski definition) is 1. The first-order chi connectivity index (χ1) is 9.58. The summed E-state index contributed by atoms with van der Waals surface area (Å²) in [5.74, 6) is -0.357. The number of anilines is 1. The number of carbonyl (C=O) groups is 1. The lowest BCUT2D eigenvalue weighted by atomic mass is 10.1. The molecule has 0 aliphatic carbocycles. The molecule has 1 aromatic heterocycles. The minimum Gasteiger partial charge on any atom is -0.462 e. The van der Waals surface area contributed by atoms with E-state index in [0.717, 1.165) is 15.6 Å². The molecule has 0 atom stereocenters. The third kappa shape index (κ3) is 3.57. The number of benzene rings is 1. The molecule has 2 rings (SSSR count). The van der Waals surface area contributed by atoms with E-state index in [0.29, 0.717) is 24.3 Å². The zero-order valence-electron chi connectivity index (χ0n) is 11.1. The predicted molar refractivity (Wildman–Crippen MR) is 81.5 cm³/mol. The number of aromatic nitrogens is 1. The first kappa shape index (κ1) is 14.5. The quantitative estimate of drug-likeness (QED) is 0.689. The van der Waals surface area contributed by atoms with Crippen LogP contribution in [0.2, 0.25) is 0 Å². The topological polar surface area (TPSA) is 65.2 Å². The molecule has 0 aliphatic rings. The van der Waals surface area contributed by atoms with Gasteiger partial charge in [-0.15, -0.1) is 0 Å². The molecule has 0 saturated carbocycles. The summed E-state index contributed by atoms with van der Waals surface area (Å²) >= 11 is 3.33. The van der Waals surface area contributed by atoms with E-state index < -0.39 is 0 Å². The summed E-state index contributed by atoms with van der Waals surface area (Å²) in [7, 11) is 0. The fourth-order valence-electron chi connectivity index (χ4n) is 1.80. The molecular weight excluding hydrogens is 320 g/mol. The second-order valence-electron chi connectivity index (χ2n) is 4.41. The molecule has 4 nitrogen and oxygen atoms in total. The Kier molecular flexibility index (Phi) is 4.74. The summed E-state index contributed by atoms with van der Waals surface area (Å²) in [6.07, 6.45) is 4.10. The van der Waals surface area contributed by atoms with Crippen LogP contribution >= 0.6 is 15.9 Å². The van der Waals surface area contributed by atoms with Crippen molar-refractivity contribution in [3.63, 3.8) is 0 Å². The zero-order valence-corrected chi connectivity index (χ0v) is 12.7. The fraction of sp³-hybridized carbons (Fsp3) is 0.200. The van der Waals surface area contributed by atoms with Crippen molar-refractivity contribution >= 4 is 27.6 Å². The third-order valence-corrected chi connectivity index (χ3v) is 3.46. The predicted octanol–water partition coefficient (Wildman–Crippen LogP) is 3.13. The molecule has 5 heteroatoms. The average molecular weight is 335 g/mol. The highest BCUT2D eigenvalue weighted by atomic mass is 79.9. The lowest BCUT2D eigenvalue weighted by Gasteiger charge is -2.10. The van der Waals surface area contributed by atoms with Gasteiger partial charge in [0.15, 0.2) is 0 Å². The van der Waals surface area contributed by atoms with Crippen LogP contribution in [-0.2, 0) is 11.2 Å². The Hall–Kier alpha value is -1.88. The molecule has 0 unspecified atom stereocenters. The Labute approximate surface area is 126 Å². The minimum absolute atomic E-state index is 0.328. The molecule has 1 heterocycles. The summed E-state index contributed by atoms with van der Waals surface area (Å²) in [5.41, 5.74) is 8.72. The van der Waals surface area contributed by atoms with Crippen molar-refractivity contribution in [1.29, 1.82) is 0 Å². The highest BCUT2D eigenvalue weighted by Crippen LogP contribution is 2.23. The van der Waals surface area contributed by atoms with Gasteiger partial charge in [0, 0.05) is 29.0 Å². The van der Waals surface area contributed by atoms with Gasteiger partial charge in [0.05, 0.1) is 12.2 Å². The van der Waals surface area contributed by atoms with Crippen LogP contribution in [0, 0.1) is 6.92 Å². The molecule has 2 N–H and O–H groups in total. The van der Waals surface area contributed by atoms with E-state index >= 15 is 0 Å². The van der Waals surface area contributed by atoms with E-state index in [4.69, 9.17) is 10.5 Å². The van der Waals surface area contributed by atoms with Crippen molar-refractivity contribution < 1.29 is 9.53 Å². The Bertz CT molecular complexity index is 615. The van der Waals surface area contributed by atoms with Crippen LogP contribution in [0.3, 0.4) is 0 Å². The van der Waals surface area contributed by atoms with Gasteiger partial charge < -0.3 is 10.5 Å². The number of esters is 1. The van der Waals surface area contributed by atoms with Crippen molar-refractivity contribution in [2.45, 2.75) is 13.3 Å². The lowest BCUT2D eigenvalue weighted by Crippen LogP contribution is -2.11. The van der Waals surface area contributed by atoms with Crippen LogP contribution in [0.25, 0.3) is 0 Å². The number of halogens is 1. The van der Waals surface area contributed by atoms with E-state index in [2.05, 4.69) is 20.9 Å². The number of carbonyl (C=O) groups excluding carboxylic acids is 1. The van der Waals surface area contributed by atoms with E-state index in [-0.39, 0.29) is 5.97 Å². The van der Waals surface area contributed by atoms with Crippen molar-refractivity contribution in [2.75, 3.05) is 12.3 Å². The van der Waals surface area contributed by atoms with E-state index in [9.17, 15) is 4.79 Å². The maximum Gasteiger partial charge on any atom is 0.338 e. The van der Waals surface area contributed by atoms with Crippen LogP contribution in [0.4, 0.5) is 5.69 Å². The van der Waals surface area contributed by atoms with Gasteiger partial charge in [-0.1, -0.05) is 15.9 Å². The van der Waals surface area contributed by atoms with Gasteiger partial charge in [-0.2, -0.15) is 0 Å². The van der Waals surface area contributed by atoms with Gasteiger partial charge >= 0.3 is 5.97 Å². The Balaban J connectivity index is 1.99. The summed E-state index contributed by atoms with van der Waals surface area (Å²) in [6, 6.07) is 7.29. The molecule has 104 valence electrons. The number of rotatable bonds is 4. The van der Waals surface area contributed by atoms with Crippen molar-refractivity contribution in [3.05, 3.63) is 57.8 Å². The molecule has 0 radical (unpaired) electrons. The SMILES string of the molecule is Cc1c(N)cc(Br)cc1C(=O)OCCc1ccncc1. The maximum absolute atomic E-state index is 12.0. The average Bonchev–Trinajstić information content (AvgIpc) is 2.44. The highest BCUT2D eigenvalue weighted by Gasteiger charge is 2.13. The van der Waals surface area contributed by atoms with Crippen molar-refractivity contribution in [2.24, 2.45) is 0 Å². The van der Waals surface area contributed by atoms with Gasteiger partial charge in [0.2, 0.25) is 0 Å². The van der Waals surface area contributed by atoms with Gasteiger partial charge in [0.25, 0.3) is 0 Å². The normalized spacial score (nSPS) is 10.3. The Morgan fingerprint density at radius 2 is 2.05 bits per heavy atom. The molecule has 0 saturated heterocycles. The first-order valence-corrected chi connectivity index (χ1v) is 6.99. The monoisotopic (exact) mass is 334 g/mol. The molecule has 2 aromatic rings. The maximum atomic E-state index is 12.0. The molecule has 0 spiro atoms. The first-order valence-electron chi connectivity index (χ1n) is 6.19. The molecule has 0 amide bonds. The van der Waals surface area contributed by atoms with E-state index in [1.165, 1.54) is 0 Å². The summed E-state index contributed by atoms with van der Waals surface area (Å²) in [4.78, 5) is 16.0. The lowest BCUT2D eigenvalue weighted by molar-refractivity contribution is 0.0508. The second-order valence-corrected chi connectivity index (χ2v) is 5.32. The summed E-state index contributed by atoms with van der Waals surface area (Å²) in [5, 5.41) is 0. The van der Waals surface area contributed by atoms with E-state index in [1.54, 1.807) is 31.5 Å². The van der Waals surface area contributed by atoms with Crippen LogP contribution in [0.1, 0.15) is 21.5 Å². The van der Waals surface area contributed by atoms with Crippen LogP contribution in [0.5, 0.6) is 0 Å². The molecular formula is C15H15BrN2O2. The number of nitrogens with two attached hydrogens (primary N) is 1. The van der Waals surface area contributed by atoms with Gasteiger partial charge in [-0.25, -0.2) is 4.79 Å². The van der Waals surface area contributed by atoms with Crippen LogP contribution in [-0.4, -0.2) is 17.6 Å².